The van der Waals surface area contributed by atoms with Crippen molar-refractivity contribution in [3.8, 4) is 0 Å². The molecule has 0 N–H and O–H groups in total. The average molecular weight is 209 g/mol. The monoisotopic (exact) mass is 209 g/mol. The Balaban J connectivity index is 2.19. The van der Waals surface area contributed by atoms with Crippen molar-refractivity contribution in [2.75, 3.05) is 19.6 Å². The third kappa shape index (κ3) is 5.36. The predicted molar refractivity (Wildman–Crippen MR) is 68.1 cm³/mol. The van der Waals surface area contributed by atoms with Gasteiger partial charge in [0, 0.05) is 13.1 Å². The molecular formula is C14H27N. The first-order valence-corrected chi connectivity index (χ1v) is 6.59. The Morgan fingerprint density at radius 1 is 1.47 bits per heavy atom. The van der Waals surface area contributed by atoms with Gasteiger partial charge in [0.25, 0.3) is 0 Å². The standard InChI is InChI=1S/C14H27N/c1-4-5-7-14-8-6-10-15(12-14)11-9-13(2)3/h14H,2,4-12H2,1,3H3. The third-order valence-electron chi connectivity index (χ3n) is 3.42. The van der Waals surface area contributed by atoms with E-state index in [9.17, 15) is 0 Å². The minimum Gasteiger partial charge on any atom is -0.303 e. The molecule has 0 spiro atoms. The van der Waals surface area contributed by atoms with E-state index in [-0.39, 0.29) is 0 Å². The van der Waals surface area contributed by atoms with Crippen LogP contribution in [0.1, 0.15) is 52.4 Å². The van der Waals surface area contributed by atoms with E-state index in [2.05, 4.69) is 25.3 Å². The normalized spacial score (nSPS) is 22.9. The average Bonchev–Trinajstić information content (AvgIpc) is 2.24. The fourth-order valence-corrected chi connectivity index (χ4v) is 2.43. The maximum Gasteiger partial charge on any atom is 0.00185 e. The maximum absolute atomic E-state index is 3.98. The van der Waals surface area contributed by atoms with E-state index in [1.54, 1.807) is 0 Å². The molecule has 0 aromatic rings. The van der Waals surface area contributed by atoms with Crippen molar-refractivity contribution in [2.24, 2.45) is 5.92 Å². The van der Waals surface area contributed by atoms with Crippen LogP contribution in [-0.2, 0) is 0 Å². The minimum absolute atomic E-state index is 0.976. The van der Waals surface area contributed by atoms with E-state index in [0.717, 1.165) is 5.92 Å². The summed E-state index contributed by atoms with van der Waals surface area (Å²) in [7, 11) is 0. The zero-order valence-corrected chi connectivity index (χ0v) is 10.6. The van der Waals surface area contributed by atoms with Gasteiger partial charge in [-0.1, -0.05) is 25.3 Å². The Kier molecular flexibility index (Phi) is 6.00. The van der Waals surface area contributed by atoms with Crippen LogP contribution >= 0.6 is 0 Å². The van der Waals surface area contributed by atoms with Gasteiger partial charge in [-0.15, -0.1) is 6.58 Å². The van der Waals surface area contributed by atoms with Gasteiger partial charge in [-0.05, 0) is 45.1 Å². The van der Waals surface area contributed by atoms with Crippen LogP contribution in [0.5, 0.6) is 0 Å². The lowest BCUT2D eigenvalue weighted by molar-refractivity contribution is 0.168. The Morgan fingerprint density at radius 2 is 2.27 bits per heavy atom. The van der Waals surface area contributed by atoms with Crippen molar-refractivity contribution in [3.05, 3.63) is 12.2 Å². The molecule has 1 rings (SSSR count). The summed E-state index contributed by atoms with van der Waals surface area (Å²) in [5.74, 6) is 0.976. The van der Waals surface area contributed by atoms with E-state index >= 15 is 0 Å². The maximum atomic E-state index is 3.98. The molecule has 0 saturated carbocycles. The molecule has 0 amide bonds. The van der Waals surface area contributed by atoms with Gasteiger partial charge in [0.15, 0.2) is 0 Å². The fourth-order valence-electron chi connectivity index (χ4n) is 2.43. The zero-order valence-electron chi connectivity index (χ0n) is 10.6. The van der Waals surface area contributed by atoms with Crippen molar-refractivity contribution < 1.29 is 0 Å². The summed E-state index contributed by atoms with van der Waals surface area (Å²) in [6.45, 7) is 12.3. The molecule has 1 saturated heterocycles. The highest BCUT2D eigenvalue weighted by Crippen LogP contribution is 2.21. The molecule has 1 heterocycles. The summed E-state index contributed by atoms with van der Waals surface area (Å²) in [6.07, 6.45) is 8.26. The number of hydrogen-bond acceptors (Lipinski definition) is 1. The summed E-state index contributed by atoms with van der Waals surface area (Å²) >= 11 is 0. The van der Waals surface area contributed by atoms with Crippen molar-refractivity contribution in [1.29, 1.82) is 0 Å². The van der Waals surface area contributed by atoms with Gasteiger partial charge in [-0.3, -0.25) is 0 Å². The van der Waals surface area contributed by atoms with E-state index in [1.807, 2.05) is 0 Å². The minimum atomic E-state index is 0.976. The van der Waals surface area contributed by atoms with Gasteiger partial charge in [-0.2, -0.15) is 0 Å². The smallest absolute Gasteiger partial charge is 0.00185 e. The summed E-state index contributed by atoms with van der Waals surface area (Å²) in [5, 5.41) is 0. The summed E-state index contributed by atoms with van der Waals surface area (Å²) < 4.78 is 0. The first-order valence-electron chi connectivity index (χ1n) is 6.59. The Hall–Kier alpha value is -0.300. The number of unbranched alkanes of at least 4 members (excludes halogenated alkanes) is 1. The number of nitrogens with zero attached hydrogens (tertiary/aromatic N) is 1. The Bertz CT molecular complexity index is 186. The molecular weight excluding hydrogens is 182 g/mol. The Labute approximate surface area is 95.5 Å². The first-order chi connectivity index (χ1) is 7.22. The quantitative estimate of drug-likeness (QED) is 0.601. The first kappa shape index (κ1) is 12.8. The summed E-state index contributed by atoms with van der Waals surface area (Å²) in [5.41, 5.74) is 1.32. The molecule has 1 atom stereocenters. The van der Waals surface area contributed by atoms with Crippen molar-refractivity contribution in [3.63, 3.8) is 0 Å². The Morgan fingerprint density at radius 3 is 2.93 bits per heavy atom. The molecule has 0 aliphatic carbocycles. The molecule has 0 aromatic carbocycles. The van der Waals surface area contributed by atoms with Gasteiger partial charge in [-0.25, -0.2) is 0 Å². The highest BCUT2D eigenvalue weighted by atomic mass is 15.1. The van der Waals surface area contributed by atoms with Crippen molar-refractivity contribution in [1.82, 2.24) is 4.90 Å². The molecule has 1 unspecified atom stereocenters. The second-order valence-corrected chi connectivity index (χ2v) is 5.16. The van der Waals surface area contributed by atoms with Gasteiger partial charge in [0.05, 0.1) is 0 Å². The van der Waals surface area contributed by atoms with Crippen LogP contribution in [0.3, 0.4) is 0 Å². The second-order valence-electron chi connectivity index (χ2n) is 5.16. The molecule has 1 heteroatoms. The van der Waals surface area contributed by atoms with Crippen molar-refractivity contribution in [2.45, 2.75) is 52.4 Å². The van der Waals surface area contributed by atoms with Gasteiger partial charge < -0.3 is 4.90 Å². The molecule has 1 fully saturated rings. The lowest BCUT2D eigenvalue weighted by Gasteiger charge is -2.32. The van der Waals surface area contributed by atoms with E-state index in [1.165, 1.54) is 63.7 Å². The van der Waals surface area contributed by atoms with E-state index in [0.29, 0.717) is 0 Å². The zero-order chi connectivity index (χ0) is 11.1. The second kappa shape index (κ2) is 7.05. The van der Waals surface area contributed by atoms with Gasteiger partial charge in [0.1, 0.15) is 0 Å². The van der Waals surface area contributed by atoms with E-state index < -0.39 is 0 Å². The molecule has 0 aromatic heterocycles. The topological polar surface area (TPSA) is 3.24 Å². The van der Waals surface area contributed by atoms with Crippen LogP contribution in [0.2, 0.25) is 0 Å². The molecule has 1 nitrogen and oxygen atoms in total. The van der Waals surface area contributed by atoms with Crippen LogP contribution in [0.15, 0.2) is 12.2 Å². The van der Waals surface area contributed by atoms with Crippen LogP contribution in [0, 0.1) is 5.92 Å². The van der Waals surface area contributed by atoms with Crippen LogP contribution in [0.25, 0.3) is 0 Å². The SMILES string of the molecule is C=C(C)CCN1CCCC(CCCC)C1. The fraction of sp³-hybridized carbons (Fsp3) is 0.857. The van der Waals surface area contributed by atoms with Crippen LogP contribution < -0.4 is 0 Å². The number of hydrogen-bond donors (Lipinski definition) is 0. The summed E-state index contributed by atoms with van der Waals surface area (Å²) in [4.78, 5) is 2.64. The molecule has 88 valence electrons. The lowest BCUT2D eigenvalue weighted by atomic mass is 9.93. The highest BCUT2D eigenvalue weighted by Gasteiger charge is 2.18. The lowest BCUT2D eigenvalue weighted by Crippen LogP contribution is -2.36. The van der Waals surface area contributed by atoms with E-state index in [4.69, 9.17) is 0 Å². The molecule has 1 aliphatic rings. The predicted octanol–water partition coefficient (Wildman–Crippen LogP) is 3.85. The largest absolute Gasteiger partial charge is 0.303 e. The number of piperidine rings is 1. The molecule has 15 heavy (non-hydrogen) atoms. The molecule has 0 radical (unpaired) electrons. The van der Waals surface area contributed by atoms with Crippen molar-refractivity contribution >= 4 is 0 Å². The van der Waals surface area contributed by atoms with Crippen LogP contribution in [-0.4, -0.2) is 24.5 Å². The molecule has 1 aliphatic heterocycles. The van der Waals surface area contributed by atoms with Crippen LogP contribution in [0.4, 0.5) is 0 Å². The number of likely N-dealkylation sites (tertiary alicyclic amines) is 1. The highest BCUT2D eigenvalue weighted by molar-refractivity contribution is 4.89. The van der Waals surface area contributed by atoms with Gasteiger partial charge in [0.2, 0.25) is 0 Å². The van der Waals surface area contributed by atoms with Gasteiger partial charge >= 0.3 is 0 Å². The summed E-state index contributed by atoms with van der Waals surface area (Å²) in [6, 6.07) is 0. The molecule has 0 bridgehead atoms. The number of rotatable bonds is 6. The third-order valence-corrected chi connectivity index (χ3v) is 3.42.